The van der Waals surface area contributed by atoms with Crippen molar-refractivity contribution in [1.29, 1.82) is 0 Å². The van der Waals surface area contributed by atoms with Gasteiger partial charge in [-0.05, 0) is 142 Å². The van der Waals surface area contributed by atoms with Crippen molar-refractivity contribution in [2.24, 2.45) is 0 Å². The highest BCUT2D eigenvalue weighted by atomic mass is 32.1. The fraction of sp³-hybridized carbons (Fsp3) is 0.219. The standard InChI is InChI=1S/C64H57NS2/c1-37-11-20-42(21-12-37)63(43-22-13-38(2)14-23-43)51-34-50-52(64(44-24-15-39(3)16-25-44,45-26-17-40(4)18-27-45)54-36-58(62(8,9)10)67-60(50)54)33-49(51)59-53(63)35-57(66-59)41-19-29-47-48-30-28-46(61(5,6)7)32-56(48)65-55(47)31-41/h11-36,65H,1-10H3. The highest BCUT2D eigenvalue weighted by Gasteiger charge is 2.53. The summed E-state index contributed by atoms with van der Waals surface area (Å²) >= 11 is 3.96. The first-order chi connectivity index (χ1) is 32.0. The third-order valence-corrected chi connectivity index (χ3v) is 18.0. The predicted molar refractivity (Wildman–Crippen MR) is 288 cm³/mol. The van der Waals surface area contributed by atoms with E-state index in [1.54, 1.807) is 0 Å². The van der Waals surface area contributed by atoms with Gasteiger partial charge in [0.15, 0.2) is 0 Å². The Morgan fingerprint density at radius 1 is 0.388 bits per heavy atom. The van der Waals surface area contributed by atoms with Crippen molar-refractivity contribution < 1.29 is 0 Å². The molecule has 10 aromatic rings. The van der Waals surface area contributed by atoms with Crippen molar-refractivity contribution in [2.75, 3.05) is 0 Å². The van der Waals surface area contributed by atoms with Gasteiger partial charge in [-0.3, -0.25) is 0 Å². The molecule has 3 aromatic heterocycles. The maximum Gasteiger partial charge on any atom is 0.0722 e. The van der Waals surface area contributed by atoms with Crippen molar-refractivity contribution in [1.82, 2.24) is 4.98 Å². The molecule has 7 aromatic carbocycles. The van der Waals surface area contributed by atoms with E-state index in [1.165, 1.54) is 130 Å². The normalized spacial score (nSPS) is 14.7. The van der Waals surface area contributed by atoms with Crippen molar-refractivity contribution in [3.05, 3.63) is 235 Å². The first kappa shape index (κ1) is 42.1. The van der Waals surface area contributed by atoms with Crippen molar-refractivity contribution in [3.8, 4) is 31.3 Å². The number of aromatic amines is 1. The Morgan fingerprint density at radius 3 is 1.25 bits per heavy atom. The van der Waals surface area contributed by atoms with E-state index in [-0.39, 0.29) is 10.8 Å². The van der Waals surface area contributed by atoms with E-state index >= 15 is 0 Å². The zero-order valence-corrected chi connectivity index (χ0v) is 42.0. The van der Waals surface area contributed by atoms with Crippen LogP contribution >= 0.6 is 22.7 Å². The van der Waals surface area contributed by atoms with E-state index in [0.29, 0.717) is 0 Å². The molecule has 1 N–H and O–H groups in total. The first-order valence-corrected chi connectivity index (χ1v) is 25.5. The SMILES string of the molecule is Cc1ccc(C2(c3ccc(C)cc3)c3cc4c(cc3-c3sc(-c5ccc6c(c5)[nH]c5cc(C(C)(C)C)ccc56)cc32)C(c2ccc(C)cc2)(c2ccc(C)cc2)c2cc(C(C)(C)C)sc2-4)cc1. The van der Waals surface area contributed by atoms with Crippen LogP contribution in [-0.2, 0) is 21.7 Å². The van der Waals surface area contributed by atoms with Gasteiger partial charge in [0.25, 0.3) is 0 Å². The van der Waals surface area contributed by atoms with Crippen LogP contribution in [0.3, 0.4) is 0 Å². The minimum atomic E-state index is -0.548. The molecule has 0 saturated carbocycles. The van der Waals surface area contributed by atoms with E-state index in [2.05, 4.69) is 232 Å². The number of thiophene rings is 2. The van der Waals surface area contributed by atoms with Crippen LogP contribution in [0.2, 0.25) is 0 Å². The molecule has 2 aliphatic rings. The lowest BCUT2D eigenvalue weighted by atomic mass is 9.65. The van der Waals surface area contributed by atoms with Gasteiger partial charge in [-0.25, -0.2) is 0 Å². The van der Waals surface area contributed by atoms with Crippen LogP contribution in [-0.4, -0.2) is 4.98 Å². The maximum atomic E-state index is 3.84. The van der Waals surface area contributed by atoms with Crippen LogP contribution in [0.1, 0.15) is 119 Å². The predicted octanol–water partition coefficient (Wildman–Crippen LogP) is 17.7. The lowest BCUT2D eigenvalue weighted by Crippen LogP contribution is -2.30. The molecule has 0 fully saturated rings. The summed E-state index contributed by atoms with van der Waals surface area (Å²) in [6, 6.07) is 62.1. The van der Waals surface area contributed by atoms with Crippen LogP contribution in [0.4, 0.5) is 0 Å². The van der Waals surface area contributed by atoms with Crippen LogP contribution in [0.15, 0.2) is 158 Å². The summed E-state index contributed by atoms with van der Waals surface area (Å²) in [6.45, 7) is 22.8. The Balaban J connectivity index is 1.18. The van der Waals surface area contributed by atoms with E-state index in [1.807, 2.05) is 22.7 Å². The number of benzene rings is 7. The summed E-state index contributed by atoms with van der Waals surface area (Å²) in [5.74, 6) is 0. The zero-order valence-electron chi connectivity index (χ0n) is 40.3. The molecular weight excluding hydrogens is 847 g/mol. The van der Waals surface area contributed by atoms with Crippen molar-refractivity contribution in [3.63, 3.8) is 0 Å². The number of hydrogen-bond donors (Lipinski definition) is 1. The molecule has 0 radical (unpaired) electrons. The summed E-state index contributed by atoms with van der Waals surface area (Å²) in [7, 11) is 0. The van der Waals surface area contributed by atoms with E-state index in [9.17, 15) is 0 Å². The number of rotatable bonds is 5. The first-order valence-electron chi connectivity index (χ1n) is 23.9. The number of aromatic nitrogens is 1. The van der Waals surface area contributed by atoms with Gasteiger partial charge in [-0.2, -0.15) is 0 Å². The van der Waals surface area contributed by atoms with Crippen molar-refractivity contribution in [2.45, 2.75) is 90.9 Å². The topological polar surface area (TPSA) is 15.8 Å². The summed E-state index contributed by atoms with van der Waals surface area (Å²) in [4.78, 5) is 9.29. The Bertz CT molecular complexity index is 3500. The van der Waals surface area contributed by atoms with Crippen molar-refractivity contribution >= 4 is 44.5 Å². The Labute approximate surface area is 404 Å². The van der Waals surface area contributed by atoms with Crippen LogP contribution < -0.4 is 0 Å². The van der Waals surface area contributed by atoms with E-state index in [0.717, 1.165) is 0 Å². The Morgan fingerprint density at radius 2 is 0.806 bits per heavy atom. The fourth-order valence-corrected chi connectivity index (χ4v) is 14.0. The molecule has 3 heterocycles. The monoisotopic (exact) mass is 903 g/mol. The van der Waals surface area contributed by atoms with Crippen LogP contribution in [0, 0.1) is 27.7 Å². The second-order valence-electron chi connectivity index (χ2n) is 21.8. The van der Waals surface area contributed by atoms with E-state index < -0.39 is 10.8 Å². The molecule has 12 rings (SSSR count). The fourth-order valence-electron chi connectivity index (χ4n) is 11.5. The molecule has 0 amide bonds. The molecule has 0 bridgehead atoms. The zero-order chi connectivity index (χ0) is 46.4. The van der Waals surface area contributed by atoms with Gasteiger partial charge >= 0.3 is 0 Å². The van der Waals surface area contributed by atoms with Gasteiger partial charge in [-0.15, -0.1) is 22.7 Å². The lowest BCUT2D eigenvalue weighted by Gasteiger charge is -2.35. The second-order valence-corrected chi connectivity index (χ2v) is 23.9. The Kier molecular flexibility index (Phi) is 9.19. The molecule has 0 atom stereocenters. The van der Waals surface area contributed by atoms with Crippen LogP contribution in [0.25, 0.3) is 53.1 Å². The summed E-state index contributed by atoms with van der Waals surface area (Å²) in [5, 5.41) is 2.54. The highest BCUT2D eigenvalue weighted by molar-refractivity contribution is 7.19. The molecule has 0 unspecified atom stereocenters. The number of aryl methyl sites for hydroxylation is 4. The summed E-state index contributed by atoms with van der Waals surface area (Å²) < 4.78 is 0. The lowest BCUT2D eigenvalue weighted by molar-refractivity contribution is 0.591. The molecule has 0 spiro atoms. The number of nitrogens with one attached hydrogen (secondary N) is 1. The molecule has 67 heavy (non-hydrogen) atoms. The molecule has 2 aliphatic carbocycles. The van der Waals surface area contributed by atoms with Gasteiger partial charge in [0, 0.05) is 41.3 Å². The highest BCUT2D eigenvalue weighted by Crippen LogP contribution is 2.66. The molecule has 3 heteroatoms. The second kappa shape index (κ2) is 14.6. The number of hydrogen-bond acceptors (Lipinski definition) is 2. The molecule has 330 valence electrons. The molecule has 1 nitrogen and oxygen atoms in total. The van der Waals surface area contributed by atoms with Gasteiger partial charge in [0.1, 0.15) is 0 Å². The maximum absolute atomic E-state index is 3.84. The van der Waals surface area contributed by atoms with Gasteiger partial charge in [0.2, 0.25) is 0 Å². The minimum absolute atomic E-state index is 0.00244. The largest absolute Gasteiger partial charge is 0.354 e. The van der Waals surface area contributed by atoms with E-state index in [4.69, 9.17) is 0 Å². The summed E-state index contributed by atoms with van der Waals surface area (Å²) in [5.41, 5.74) is 22.5. The third-order valence-electron chi connectivity index (χ3n) is 15.2. The average molecular weight is 904 g/mol. The third kappa shape index (κ3) is 6.16. The summed E-state index contributed by atoms with van der Waals surface area (Å²) in [6.07, 6.45) is 0. The quantitative estimate of drug-likeness (QED) is 0.177. The number of fused-ring (bicyclic) bond motifs is 9. The number of H-pyrrole nitrogens is 1. The van der Waals surface area contributed by atoms with Gasteiger partial charge in [0.05, 0.1) is 10.8 Å². The molecule has 0 aliphatic heterocycles. The molecule has 0 saturated heterocycles. The average Bonchev–Trinajstić information content (AvgIpc) is 4.12. The smallest absolute Gasteiger partial charge is 0.0722 e. The van der Waals surface area contributed by atoms with Crippen LogP contribution in [0.5, 0.6) is 0 Å². The molecular formula is C64H57NS2. The minimum Gasteiger partial charge on any atom is -0.354 e. The van der Waals surface area contributed by atoms with Gasteiger partial charge in [-0.1, -0.05) is 185 Å². The van der Waals surface area contributed by atoms with Gasteiger partial charge < -0.3 is 4.98 Å². The Hall–Kier alpha value is -6.26.